The first-order valence-electron chi connectivity index (χ1n) is 13.4. The number of hydrogen-bond acceptors (Lipinski definition) is 8. The highest BCUT2D eigenvalue weighted by Crippen LogP contribution is 2.53. The zero-order valence-electron chi connectivity index (χ0n) is 22.7. The zero-order chi connectivity index (χ0) is 30.2. The number of thiazole rings is 1. The summed E-state index contributed by atoms with van der Waals surface area (Å²) < 4.78 is 6.41. The molecule has 1 saturated heterocycles. The number of nitrogens with one attached hydrogen (secondary N) is 1. The van der Waals surface area contributed by atoms with Crippen LogP contribution in [0.25, 0.3) is 0 Å². The lowest BCUT2D eigenvalue weighted by molar-refractivity contribution is -0.122. The molecule has 2 aliphatic heterocycles. The van der Waals surface area contributed by atoms with Crippen molar-refractivity contribution in [3.63, 3.8) is 0 Å². The summed E-state index contributed by atoms with van der Waals surface area (Å²) >= 11 is 8.06. The van der Waals surface area contributed by atoms with Gasteiger partial charge in [0.05, 0.1) is 28.8 Å². The molecule has 12 heteroatoms. The lowest BCUT2D eigenvalue weighted by Gasteiger charge is -2.30. The SMILES string of the molecule is CCOC(=O)c1ccc(N2C(=O)C3Sc4c(sc(=O)n4CC(=O)Nc4ccc(Cl)cc4)[C@@H](c4ccccc4)C3C2=O)cc1. The molecule has 4 aromatic rings. The van der Waals surface area contributed by atoms with E-state index in [-0.39, 0.29) is 18.0 Å². The van der Waals surface area contributed by atoms with E-state index >= 15 is 0 Å². The molecule has 3 amide bonds. The van der Waals surface area contributed by atoms with Gasteiger partial charge in [0.15, 0.2) is 0 Å². The zero-order valence-corrected chi connectivity index (χ0v) is 25.1. The summed E-state index contributed by atoms with van der Waals surface area (Å²) in [7, 11) is 0. The highest BCUT2D eigenvalue weighted by Gasteiger charge is 2.56. The summed E-state index contributed by atoms with van der Waals surface area (Å²) in [5.41, 5.74) is 1.97. The Bertz CT molecular complexity index is 1790. The van der Waals surface area contributed by atoms with Crippen LogP contribution >= 0.6 is 34.7 Å². The van der Waals surface area contributed by atoms with Crippen LogP contribution < -0.4 is 15.1 Å². The highest BCUT2D eigenvalue weighted by molar-refractivity contribution is 8.00. The first kappa shape index (κ1) is 28.9. The van der Waals surface area contributed by atoms with Crippen molar-refractivity contribution >= 4 is 69.8 Å². The van der Waals surface area contributed by atoms with Gasteiger partial charge in [0.1, 0.15) is 11.8 Å². The second kappa shape index (κ2) is 11.8. The summed E-state index contributed by atoms with van der Waals surface area (Å²) in [6, 6.07) is 22.0. The van der Waals surface area contributed by atoms with Gasteiger partial charge in [-0.25, -0.2) is 9.69 Å². The molecule has 0 aliphatic carbocycles. The Morgan fingerprint density at radius 2 is 1.63 bits per heavy atom. The monoisotopic (exact) mass is 633 g/mol. The Balaban J connectivity index is 1.35. The Hall–Kier alpha value is -4.19. The molecule has 0 saturated carbocycles. The minimum atomic E-state index is -0.825. The van der Waals surface area contributed by atoms with Crippen molar-refractivity contribution < 1.29 is 23.9 Å². The van der Waals surface area contributed by atoms with Crippen molar-refractivity contribution in [2.75, 3.05) is 16.8 Å². The second-order valence-corrected chi connectivity index (χ2v) is 12.5. The van der Waals surface area contributed by atoms with Crippen LogP contribution in [0.5, 0.6) is 0 Å². The molecule has 0 radical (unpaired) electrons. The molecule has 3 aromatic carbocycles. The van der Waals surface area contributed by atoms with E-state index in [0.717, 1.165) is 33.6 Å². The van der Waals surface area contributed by atoms with Gasteiger partial charge in [-0.2, -0.15) is 0 Å². The number of imide groups is 1. The van der Waals surface area contributed by atoms with Crippen molar-refractivity contribution in [3.05, 3.63) is 110 Å². The molecule has 1 fully saturated rings. The highest BCUT2D eigenvalue weighted by atomic mass is 35.5. The smallest absolute Gasteiger partial charge is 0.338 e. The molecule has 43 heavy (non-hydrogen) atoms. The van der Waals surface area contributed by atoms with Crippen LogP contribution in [0.2, 0.25) is 5.02 Å². The fourth-order valence-corrected chi connectivity index (χ4v) is 8.27. The van der Waals surface area contributed by atoms with Crippen molar-refractivity contribution in [2.45, 2.75) is 29.7 Å². The normalized spacial score (nSPS) is 19.1. The number of halogens is 1. The van der Waals surface area contributed by atoms with Gasteiger partial charge in [0.2, 0.25) is 17.7 Å². The minimum Gasteiger partial charge on any atom is -0.462 e. The molecule has 2 aliphatic rings. The quantitative estimate of drug-likeness (QED) is 0.220. The van der Waals surface area contributed by atoms with Gasteiger partial charge in [-0.15, -0.1) is 0 Å². The molecule has 9 nitrogen and oxygen atoms in total. The number of nitrogens with zero attached hydrogens (tertiary/aromatic N) is 2. The lowest BCUT2D eigenvalue weighted by atomic mass is 9.83. The van der Waals surface area contributed by atoms with E-state index < -0.39 is 40.8 Å². The number of hydrogen-bond donors (Lipinski definition) is 1. The number of esters is 1. The molecule has 6 rings (SSSR count). The first-order chi connectivity index (χ1) is 20.8. The molecule has 3 heterocycles. The van der Waals surface area contributed by atoms with Crippen LogP contribution in [0, 0.1) is 5.92 Å². The van der Waals surface area contributed by atoms with Crippen LogP contribution in [0.1, 0.15) is 33.6 Å². The van der Waals surface area contributed by atoms with Gasteiger partial charge in [0, 0.05) is 21.5 Å². The van der Waals surface area contributed by atoms with Gasteiger partial charge >= 0.3 is 10.8 Å². The third-order valence-electron chi connectivity index (χ3n) is 7.27. The van der Waals surface area contributed by atoms with Crippen LogP contribution in [-0.2, 0) is 25.7 Å². The van der Waals surface area contributed by atoms with Crippen molar-refractivity contribution in [2.24, 2.45) is 5.92 Å². The number of carbonyl (C=O) groups is 4. The summed E-state index contributed by atoms with van der Waals surface area (Å²) in [5, 5.41) is 2.97. The second-order valence-electron chi connectivity index (χ2n) is 9.91. The first-order valence-corrected chi connectivity index (χ1v) is 15.5. The summed E-state index contributed by atoms with van der Waals surface area (Å²) in [4.78, 5) is 67.7. The van der Waals surface area contributed by atoms with Crippen molar-refractivity contribution in [1.29, 1.82) is 0 Å². The Morgan fingerprint density at radius 1 is 0.930 bits per heavy atom. The maximum absolute atomic E-state index is 14.0. The van der Waals surface area contributed by atoms with E-state index in [0.29, 0.717) is 31.9 Å². The number of amides is 3. The predicted octanol–water partition coefficient (Wildman–Crippen LogP) is 5.17. The summed E-state index contributed by atoms with van der Waals surface area (Å²) in [6.45, 7) is 1.67. The van der Waals surface area contributed by atoms with Gasteiger partial charge in [-0.05, 0) is 61.0 Å². The topological polar surface area (TPSA) is 115 Å². The summed E-state index contributed by atoms with van der Waals surface area (Å²) in [5.74, 6) is -3.07. The standard InChI is InChI=1S/C31H24ClN3O6S2/c1-2-41-30(39)18-8-14-21(15-9-18)35-27(37)24-23(17-6-4-3-5-7-17)26-29(42-25(24)28(35)38)34(31(40)43-26)16-22(36)33-20-12-10-19(32)11-13-20/h3-15,23-25H,2,16H2,1H3,(H,33,36)/t23-,24?,25?/m0/s1. The molecule has 3 atom stereocenters. The number of aromatic nitrogens is 1. The largest absolute Gasteiger partial charge is 0.462 e. The number of anilines is 2. The average Bonchev–Trinajstić information content (AvgIpc) is 3.45. The van der Waals surface area contributed by atoms with Crippen LogP contribution in [-0.4, -0.2) is 40.1 Å². The maximum Gasteiger partial charge on any atom is 0.338 e. The number of carbonyl (C=O) groups excluding carboxylic acids is 4. The van der Waals surface area contributed by atoms with Gasteiger partial charge in [-0.1, -0.05) is 65.0 Å². The molecule has 218 valence electrons. The van der Waals surface area contributed by atoms with E-state index in [1.54, 1.807) is 43.3 Å². The number of thioether (sulfide) groups is 1. The Labute approximate surface area is 259 Å². The number of rotatable bonds is 7. The van der Waals surface area contributed by atoms with Crippen LogP contribution in [0.3, 0.4) is 0 Å². The van der Waals surface area contributed by atoms with E-state index in [2.05, 4.69) is 5.32 Å². The average molecular weight is 634 g/mol. The van der Waals surface area contributed by atoms with Gasteiger partial charge in [-0.3, -0.25) is 23.7 Å². The van der Waals surface area contributed by atoms with Crippen molar-refractivity contribution in [1.82, 2.24) is 4.57 Å². The maximum atomic E-state index is 14.0. The number of ether oxygens (including phenoxy) is 1. The molecular formula is C31H24ClN3O6S2. The summed E-state index contributed by atoms with van der Waals surface area (Å²) in [6.07, 6.45) is 0. The molecular weight excluding hydrogens is 610 g/mol. The third kappa shape index (κ3) is 5.39. The van der Waals surface area contributed by atoms with E-state index in [4.69, 9.17) is 16.3 Å². The van der Waals surface area contributed by atoms with Gasteiger partial charge in [0.25, 0.3) is 0 Å². The fraction of sp³-hybridized carbons (Fsp3) is 0.194. The predicted molar refractivity (Wildman–Crippen MR) is 165 cm³/mol. The molecule has 1 aromatic heterocycles. The fourth-order valence-electron chi connectivity index (χ4n) is 5.37. The Kier molecular flexibility index (Phi) is 7.95. The van der Waals surface area contributed by atoms with Gasteiger partial charge < -0.3 is 10.1 Å². The third-order valence-corrected chi connectivity index (χ3v) is 10.1. The minimum absolute atomic E-state index is 0.225. The number of benzene rings is 3. The molecule has 0 spiro atoms. The number of fused-ring (bicyclic) bond motifs is 2. The van der Waals surface area contributed by atoms with E-state index in [9.17, 15) is 24.0 Å². The van der Waals surface area contributed by atoms with E-state index in [1.165, 1.54) is 16.7 Å². The van der Waals surface area contributed by atoms with Crippen molar-refractivity contribution in [3.8, 4) is 0 Å². The molecule has 2 unspecified atom stereocenters. The lowest BCUT2D eigenvalue weighted by Crippen LogP contribution is -2.33. The molecule has 0 bridgehead atoms. The van der Waals surface area contributed by atoms with Crippen LogP contribution in [0.15, 0.2) is 88.7 Å². The molecule has 1 N–H and O–H groups in total. The van der Waals surface area contributed by atoms with E-state index in [1.807, 2.05) is 30.3 Å². The van der Waals surface area contributed by atoms with Crippen LogP contribution in [0.4, 0.5) is 11.4 Å². The Morgan fingerprint density at radius 3 is 2.30 bits per heavy atom.